The number of hydrogen-bond acceptors (Lipinski definition) is 7. The number of amides is 2. The van der Waals surface area contributed by atoms with Gasteiger partial charge in [-0.1, -0.05) is 90.5 Å². The van der Waals surface area contributed by atoms with E-state index in [0.717, 1.165) is 21.1 Å². The molecule has 4 aromatic rings. The summed E-state index contributed by atoms with van der Waals surface area (Å²) in [7, 11) is 1.66. The second-order valence-corrected chi connectivity index (χ2v) is 15.3. The first-order valence-corrected chi connectivity index (χ1v) is 21.4. The molecule has 1 fully saturated rings. The van der Waals surface area contributed by atoms with Gasteiger partial charge < -0.3 is 20.1 Å². The van der Waals surface area contributed by atoms with E-state index in [4.69, 9.17) is 26.7 Å². The number of carbonyl (C=O) groups is 2. The van der Waals surface area contributed by atoms with Crippen molar-refractivity contribution in [2.75, 3.05) is 18.2 Å². The lowest BCUT2D eigenvalue weighted by molar-refractivity contribution is -0.132. The predicted octanol–water partition coefficient (Wildman–Crippen LogP) is 9.14. The summed E-state index contributed by atoms with van der Waals surface area (Å²) < 4.78 is 69.5. The van der Waals surface area contributed by atoms with Crippen molar-refractivity contribution in [1.82, 2.24) is 15.5 Å². The molecule has 0 saturated carbocycles. The fraction of sp³-hybridized carbons (Fsp3) is 0.243. The standard InChI is InChI=1S/C19H15BrF2N2O2S.C17H11BrF2N2O2S.CH3I/c1-24-17(25)19(23-18(24)27-2)9-15(11-4-3-5-13(21)16(11)22)26-14-7-6-10(20)8-12(14)19;18-8-4-5-12-10(6-8)17(15(23)21-16(25)22-17)7-13(24-12)9-2-1-3-11(19)14(9)20;1-2/h3-8,15H,9H2,1-2H3;1-6,13H,7H2,(H2,21,22,23,25);1H3. The molecule has 0 aromatic heterocycles. The maximum absolute atomic E-state index is 14.4. The number of fused-ring (bicyclic) bond motifs is 4. The Labute approximate surface area is 348 Å². The minimum atomic E-state index is -1.23. The Morgan fingerprint density at radius 3 is 1.87 bits per heavy atom. The summed E-state index contributed by atoms with van der Waals surface area (Å²) >= 11 is 15.4. The number of nitrogens with one attached hydrogen (secondary N) is 2. The molecule has 54 heavy (non-hydrogen) atoms. The Morgan fingerprint density at radius 1 is 0.852 bits per heavy atom. The third-order valence-corrected chi connectivity index (χ3v) is 11.2. The van der Waals surface area contributed by atoms with E-state index in [0.29, 0.717) is 27.8 Å². The minimum absolute atomic E-state index is 0.0559. The van der Waals surface area contributed by atoms with Gasteiger partial charge in [-0.3, -0.25) is 14.5 Å². The Hall–Kier alpha value is -3.26. The van der Waals surface area contributed by atoms with Gasteiger partial charge in [0.15, 0.2) is 44.6 Å². The van der Waals surface area contributed by atoms with E-state index in [2.05, 4.69) is 65.1 Å². The lowest BCUT2D eigenvalue weighted by Crippen LogP contribution is -2.48. The highest BCUT2D eigenvalue weighted by Crippen LogP contribution is 2.52. The summed E-state index contributed by atoms with van der Waals surface area (Å²) in [6.45, 7) is 0. The van der Waals surface area contributed by atoms with Gasteiger partial charge in [-0.15, -0.1) is 0 Å². The molecule has 0 bridgehead atoms. The Balaban J connectivity index is 0.000000177. The van der Waals surface area contributed by atoms with Crippen LogP contribution in [-0.4, -0.2) is 45.2 Å². The zero-order valence-electron chi connectivity index (χ0n) is 28.5. The maximum atomic E-state index is 14.4. The van der Waals surface area contributed by atoms with Gasteiger partial charge in [0.1, 0.15) is 23.7 Å². The average Bonchev–Trinajstić information content (AvgIpc) is 3.58. The van der Waals surface area contributed by atoms with Crippen molar-refractivity contribution in [3.05, 3.63) is 127 Å². The van der Waals surface area contributed by atoms with E-state index in [9.17, 15) is 27.2 Å². The molecule has 4 heterocycles. The van der Waals surface area contributed by atoms with Gasteiger partial charge in [0.05, 0.1) is 0 Å². The molecular weight excluding hydrogens is 991 g/mol. The molecule has 2 spiro atoms. The molecule has 8 nitrogen and oxygen atoms in total. The van der Waals surface area contributed by atoms with Crippen LogP contribution >= 0.6 is 78.4 Å². The van der Waals surface area contributed by atoms with Crippen LogP contribution in [0, 0.1) is 23.3 Å². The van der Waals surface area contributed by atoms with Crippen LogP contribution in [0.5, 0.6) is 11.5 Å². The molecular formula is C37H29Br2F4IN4O4S2. The van der Waals surface area contributed by atoms with Gasteiger partial charge in [-0.05, 0) is 71.9 Å². The maximum Gasteiger partial charge on any atom is 0.261 e. The van der Waals surface area contributed by atoms with Crippen LogP contribution in [0.1, 0.15) is 47.3 Å². The lowest BCUT2D eigenvalue weighted by Gasteiger charge is -2.38. The first kappa shape index (κ1) is 40.4. The van der Waals surface area contributed by atoms with Crippen LogP contribution in [0.3, 0.4) is 0 Å². The van der Waals surface area contributed by atoms with Crippen molar-refractivity contribution in [2.24, 2.45) is 4.99 Å². The predicted molar refractivity (Wildman–Crippen MR) is 218 cm³/mol. The Bertz CT molecular complexity index is 2220. The Kier molecular flexibility index (Phi) is 12.0. The molecule has 2 amide bonds. The Morgan fingerprint density at radius 2 is 1.37 bits per heavy atom. The number of rotatable bonds is 2. The molecule has 8 rings (SSSR count). The van der Waals surface area contributed by atoms with Gasteiger partial charge in [0.25, 0.3) is 11.8 Å². The molecule has 282 valence electrons. The molecule has 4 atom stereocenters. The average molecular weight is 1020 g/mol. The van der Waals surface area contributed by atoms with Gasteiger partial charge in [-0.25, -0.2) is 22.6 Å². The lowest BCUT2D eigenvalue weighted by atomic mass is 9.80. The number of carbonyl (C=O) groups excluding carboxylic acids is 2. The fourth-order valence-corrected chi connectivity index (χ4v) is 8.47. The van der Waals surface area contributed by atoms with Crippen LogP contribution < -0.4 is 20.1 Å². The SMILES string of the molecule is CI.CSC1=NC2(CC(c3cccc(F)c3F)Oc3ccc(Br)cc32)C(=O)N1C.O=C1NC(=S)NC12CC(c1cccc(F)c1F)Oc1ccc(Br)cc12. The zero-order valence-corrected chi connectivity index (χ0v) is 35.4. The smallest absolute Gasteiger partial charge is 0.261 e. The summed E-state index contributed by atoms with van der Waals surface area (Å²) in [5.41, 5.74) is -1.09. The molecule has 4 unspecified atom stereocenters. The second-order valence-electron chi connectivity index (χ2n) is 12.3. The summed E-state index contributed by atoms with van der Waals surface area (Å²) in [5, 5.41) is 6.33. The summed E-state index contributed by atoms with van der Waals surface area (Å²) in [4.78, 5) is 34.1. The van der Waals surface area contributed by atoms with Gasteiger partial charge >= 0.3 is 0 Å². The molecule has 4 aliphatic rings. The summed E-state index contributed by atoms with van der Waals surface area (Å²) in [5.74, 6) is -3.57. The van der Waals surface area contributed by atoms with Crippen LogP contribution in [0.15, 0.2) is 86.7 Å². The topological polar surface area (TPSA) is 92.3 Å². The molecule has 0 radical (unpaired) electrons. The quantitative estimate of drug-likeness (QED) is 0.0897. The number of likely N-dealkylation sites (N-methyl/N-ethyl adjacent to an activating group) is 1. The fourth-order valence-electron chi connectivity index (χ4n) is 6.87. The van der Waals surface area contributed by atoms with E-state index in [-0.39, 0.29) is 40.9 Å². The molecule has 1 saturated heterocycles. The highest BCUT2D eigenvalue weighted by molar-refractivity contribution is 14.1. The van der Waals surface area contributed by atoms with Gasteiger partial charge in [-0.2, -0.15) is 0 Å². The second kappa shape index (κ2) is 16.1. The number of nitrogens with zero attached hydrogens (tertiary/aromatic N) is 2. The van der Waals surface area contributed by atoms with Crippen molar-refractivity contribution in [2.45, 2.75) is 36.1 Å². The van der Waals surface area contributed by atoms with Crippen molar-refractivity contribution in [3.8, 4) is 11.5 Å². The number of thioether (sulfide) groups is 1. The van der Waals surface area contributed by atoms with Crippen molar-refractivity contribution < 1.29 is 36.6 Å². The van der Waals surface area contributed by atoms with Gasteiger partial charge in [0.2, 0.25) is 0 Å². The van der Waals surface area contributed by atoms with Crippen LogP contribution in [-0.2, 0) is 20.7 Å². The summed E-state index contributed by atoms with van der Waals surface area (Å²) in [6, 6.07) is 18.3. The minimum Gasteiger partial charge on any atom is -0.485 e. The number of ether oxygens (including phenoxy) is 2. The van der Waals surface area contributed by atoms with E-state index in [1.165, 1.54) is 40.9 Å². The van der Waals surface area contributed by atoms with Crippen LogP contribution in [0.4, 0.5) is 17.6 Å². The van der Waals surface area contributed by atoms with Crippen LogP contribution in [0.2, 0.25) is 0 Å². The number of halogens is 7. The molecule has 4 aromatic carbocycles. The normalized spacial score (nSPS) is 23.5. The third-order valence-electron chi connectivity index (χ3n) is 9.31. The van der Waals surface area contributed by atoms with E-state index >= 15 is 0 Å². The number of hydrogen-bond donors (Lipinski definition) is 2. The van der Waals surface area contributed by atoms with Crippen molar-refractivity contribution in [3.63, 3.8) is 0 Å². The monoisotopic (exact) mass is 1020 g/mol. The van der Waals surface area contributed by atoms with Crippen LogP contribution in [0.25, 0.3) is 0 Å². The zero-order chi connectivity index (χ0) is 39.1. The summed E-state index contributed by atoms with van der Waals surface area (Å²) in [6.07, 6.45) is 0.319. The number of aliphatic imine (C=N–C) groups is 1. The first-order valence-electron chi connectivity index (χ1n) is 16.0. The number of thiocarbonyl (C=S) groups is 1. The van der Waals surface area contributed by atoms with Crippen molar-refractivity contribution >= 4 is 101 Å². The third kappa shape index (κ3) is 7.14. The molecule has 4 aliphatic heterocycles. The highest BCUT2D eigenvalue weighted by atomic mass is 127. The molecule has 2 N–H and O–H groups in total. The number of amidine groups is 1. The van der Waals surface area contributed by atoms with E-state index in [1.54, 1.807) is 43.4 Å². The molecule has 0 aliphatic carbocycles. The van der Waals surface area contributed by atoms with Gasteiger partial charge in [0, 0.05) is 51.1 Å². The van der Waals surface area contributed by atoms with E-state index in [1.807, 2.05) is 11.2 Å². The number of benzene rings is 4. The first-order chi connectivity index (χ1) is 25.8. The molecule has 17 heteroatoms. The van der Waals surface area contributed by atoms with E-state index < -0.39 is 46.6 Å². The number of alkyl halides is 1. The highest BCUT2D eigenvalue weighted by Gasteiger charge is 2.55. The van der Waals surface area contributed by atoms with Crippen molar-refractivity contribution in [1.29, 1.82) is 0 Å². The largest absolute Gasteiger partial charge is 0.485 e.